The minimum absolute atomic E-state index is 0.268. The number of aryl methyl sites for hydroxylation is 1. The maximum absolute atomic E-state index is 13.2. The lowest BCUT2D eigenvalue weighted by molar-refractivity contribution is -0.457. The number of carbonyl (C=O) groups excluding carboxylic acids is 1. The SMILES string of the molecule is CN(CCCOCCSSCCOCCCN(C)C(=O)OC(C)(C)C)CCOc1ccc2c(c1)CC[C@@H]1[C@@H]2CC[C@]2(C)[C@@H](OCCCOC(C(F)(F)F)(C(F)(F)F)C(F)(F)F)CC[C@@H]12. The number of fused-ring (bicyclic) bond motifs is 5. The maximum Gasteiger partial charge on any atom is 0.435 e. The highest BCUT2D eigenvalue weighted by Gasteiger charge is 2.85. The van der Waals surface area contributed by atoms with Crippen molar-refractivity contribution in [2.24, 2.45) is 17.3 Å². The van der Waals surface area contributed by atoms with Crippen LogP contribution in [0.25, 0.3) is 0 Å². The molecule has 20 heteroatoms. The van der Waals surface area contributed by atoms with E-state index in [1.165, 1.54) is 11.1 Å². The van der Waals surface area contributed by atoms with Gasteiger partial charge < -0.3 is 38.2 Å². The number of amides is 1. The third kappa shape index (κ3) is 14.8. The Morgan fingerprint density at radius 2 is 1.38 bits per heavy atom. The van der Waals surface area contributed by atoms with Crippen molar-refractivity contribution in [3.05, 3.63) is 29.3 Å². The van der Waals surface area contributed by atoms with Crippen molar-refractivity contribution in [1.29, 1.82) is 0 Å². The highest BCUT2D eigenvalue weighted by molar-refractivity contribution is 8.76. The number of alkyl halides is 9. The third-order valence-electron chi connectivity index (χ3n) is 12.5. The molecule has 0 aliphatic heterocycles. The van der Waals surface area contributed by atoms with E-state index in [1.54, 1.807) is 33.5 Å². The molecular weight excluding hydrogens is 904 g/mol. The number of rotatable bonds is 25. The number of hydrogen-bond donors (Lipinski definition) is 0. The summed E-state index contributed by atoms with van der Waals surface area (Å²) in [5.74, 6) is 3.63. The molecule has 2 fully saturated rings. The molecule has 5 atom stereocenters. The fraction of sp³-hybridized carbons (Fsp3) is 0.841. The lowest BCUT2D eigenvalue weighted by atomic mass is 9.55. The Hall–Kier alpha value is -1.84. The third-order valence-corrected chi connectivity index (χ3v) is 14.8. The molecule has 0 aromatic heterocycles. The minimum atomic E-state index is -6.75. The van der Waals surface area contributed by atoms with Gasteiger partial charge in [-0.05, 0) is 132 Å². The first kappa shape index (κ1) is 54.8. The van der Waals surface area contributed by atoms with Crippen LogP contribution in [0.5, 0.6) is 5.75 Å². The number of hydrogen-bond acceptors (Lipinski definition) is 10. The molecule has 9 nitrogen and oxygen atoms in total. The fourth-order valence-corrected chi connectivity index (χ4v) is 11.0. The highest BCUT2D eigenvalue weighted by Crippen LogP contribution is 2.62. The van der Waals surface area contributed by atoms with Crippen molar-refractivity contribution in [2.75, 3.05) is 91.5 Å². The van der Waals surface area contributed by atoms with Gasteiger partial charge in [-0.2, -0.15) is 39.5 Å². The monoisotopic (exact) mass is 970 g/mol. The summed E-state index contributed by atoms with van der Waals surface area (Å²) >= 11 is 0. The zero-order chi connectivity index (χ0) is 47.4. The molecule has 0 bridgehead atoms. The standard InChI is InChI=1S/C44H67F9N2O7S2/c1-39(2,3)62-38(56)55(6)19-8-22-58-27-29-64-63-28-26-57-21-7-18-54(5)20-25-59-32-11-13-33-31(30-32)10-12-35-34(33)16-17-40(4)36(35)14-15-37(40)60-23-9-24-61-41(42(45,46)47,43(48,49)50)44(51,52)53/h11,13,30,34-37H,7-10,12,14-29H2,1-6H3/t34-,35-,36+,37+,40+/m1/s1. The van der Waals surface area contributed by atoms with Gasteiger partial charge in [-0.3, -0.25) is 0 Å². The first-order valence-electron chi connectivity index (χ1n) is 22.1. The van der Waals surface area contributed by atoms with Crippen LogP contribution in [0.4, 0.5) is 44.3 Å². The highest BCUT2D eigenvalue weighted by atomic mass is 33.1. The smallest absolute Gasteiger partial charge is 0.435 e. The van der Waals surface area contributed by atoms with Crippen LogP contribution in [0.1, 0.15) is 96.1 Å². The molecule has 0 heterocycles. The molecule has 0 unspecified atom stereocenters. The van der Waals surface area contributed by atoms with Gasteiger partial charge in [0.15, 0.2) is 0 Å². The Morgan fingerprint density at radius 1 is 0.750 bits per heavy atom. The van der Waals surface area contributed by atoms with Crippen molar-refractivity contribution in [1.82, 2.24) is 9.80 Å². The zero-order valence-corrected chi connectivity index (χ0v) is 39.5. The lowest BCUT2D eigenvalue weighted by Gasteiger charge is -2.50. The summed E-state index contributed by atoms with van der Waals surface area (Å²) in [4.78, 5) is 15.8. The van der Waals surface area contributed by atoms with Gasteiger partial charge in [0, 0.05) is 58.0 Å². The van der Waals surface area contributed by atoms with Crippen molar-refractivity contribution in [3.8, 4) is 5.75 Å². The van der Waals surface area contributed by atoms with Crippen LogP contribution in [-0.2, 0) is 30.1 Å². The molecule has 0 spiro atoms. The summed E-state index contributed by atoms with van der Waals surface area (Å²) in [6.45, 7) is 11.3. The van der Waals surface area contributed by atoms with Gasteiger partial charge in [-0.1, -0.05) is 34.6 Å². The molecule has 1 aromatic carbocycles. The average molecular weight is 971 g/mol. The zero-order valence-electron chi connectivity index (χ0n) is 37.9. The second-order valence-corrected chi connectivity index (χ2v) is 21.0. The number of nitrogens with zero attached hydrogens (tertiary/aromatic N) is 2. The molecule has 1 aromatic rings. The predicted molar refractivity (Wildman–Crippen MR) is 230 cm³/mol. The molecule has 1 amide bonds. The normalized spacial score (nSPS) is 22.9. The van der Waals surface area contributed by atoms with E-state index in [2.05, 4.69) is 35.7 Å². The number of halogens is 9. The van der Waals surface area contributed by atoms with Gasteiger partial charge in [-0.15, -0.1) is 0 Å². The summed E-state index contributed by atoms with van der Waals surface area (Å²) in [6, 6.07) is 6.33. The van der Waals surface area contributed by atoms with E-state index < -0.39 is 42.8 Å². The van der Waals surface area contributed by atoms with Crippen LogP contribution < -0.4 is 4.74 Å². The van der Waals surface area contributed by atoms with E-state index in [-0.39, 0.29) is 24.2 Å². The van der Waals surface area contributed by atoms with Crippen LogP contribution in [0.3, 0.4) is 0 Å². The van der Waals surface area contributed by atoms with Crippen LogP contribution >= 0.6 is 21.6 Å². The van der Waals surface area contributed by atoms with Gasteiger partial charge in [-0.25, -0.2) is 4.79 Å². The number of benzene rings is 1. The van der Waals surface area contributed by atoms with Crippen LogP contribution in [0, 0.1) is 17.3 Å². The van der Waals surface area contributed by atoms with Crippen molar-refractivity contribution >= 4 is 27.7 Å². The van der Waals surface area contributed by atoms with E-state index >= 15 is 0 Å². The van der Waals surface area contributed by atoms with Gasteiger partial charge in [0.25, 0.3) is 0 Å². The van der Waals surface area contributed by atoms with Gasteiger partial charge in [0.1, 0.15) is 18.0 Å². The average Bonchev–Trinajstić information content (AvgIpc) is 3.52. The minimum Gasteiger partial charge on any atom is -0.492 e. The second kappa shape index (κ2) is 23.9. The molecular formula is C44H67F9N2O7S2. The Bertz CT molecular complexity index is 1550. The summed E-state index contributed by atoms with van der Waals surface area (Å²) < 4.78 is 152. The van der Waals surface area contributed by atoms with E-state index in [0.717, 1.165) is 75.3 Å². The fourth-order valence-electron chi connectivity index (χ4n) is 9.32. The largest absolute Gasteiger partial charge is 0.492 e. The Kier molecular flexibility index (Phi) is 20.5. The van der Waals surface area contributed by atoms with Crippen molar-refractivity contribution < 1.29 is 72.7 Å². The van der Waals surface area contributed by atoms with E-state index in [4.69, 9.17) is 23.7 Å². The second-order valence-electron chi connectivity index (χ2n) is 18.3. The van der Waals surface area contributed by atoms with Crippen molar-refractivity contribution in [2.45, 2.75) is 127 Å². The van der Waals surface area contributed by atoms with Gasteiger partial charge >= 0.3 is 30.2 Å². The Balaban J connectivity index is 1.06. The van der Waals surface area contributed by atoms with Gasteiger partial charge in [0.05, 0.1) is 25.9 Å². The lowest BCUT2D eigenvalue weighted by Crippen LogP contribution is -2.67. The summed E-state index contributed by atoms with van der Waals surface area (Å²) in [5, 5.41) is 0. The molecule has 370 valence electrons. The van der Waals surface area contributed by atoms with Crippen LogP contribution in [-0.4, -0.2) is 143 Å². The summed E-state index contributed by atoms with van der Waals surface area (Å²) in [5.41, 5.74) is -4.46. The molecule has 3 aliphatic rings. The quantitative estimate of drug-likeness (QED) is 0.0537. The molecule has 0 N–H and O–H groups in total. The molecule has 4 rings (SSSR count). The Labute approximate surface area is 380 Å². The topological polar surface area (TPSA) is 78.9 Å². The first-order chi connectivity index (χ1) is 29.9. The molecule has 0 radical (unpaired) electrons. The molecule has 64 heavy (non-hydrogen) atoms. The molecule has 0 saturated heterocycles. The first-order valence-corrected chi connectivity index (χ1v) is 24.6. The maximum atomic E-state index is 13.2. The van der Waals surface area contributed by atoms with Crippen LogP contribution in [0.2, 0.25) is 0 Å². The number of carbonyl (C=O) groups is 1. The number of ether oxygens (including phenoxy) is 6. The van der Waals surface area contributed by atoms with E-state index in [0.29, 0.717) is 63.8 Å². The summed E-state index contributed by atoms with van der Waals surface area (Å²) in [6.07, 6.45) is -14.7. The molecule has 3 aliphatic carbocycles. The number of likely N-dealkylation sites (N-methyl/N-ethyl adjacent to an activating group) is 1. The predicted octanol–water partition coefficient (Wildman–Crippen LogP) is 11.1. The van der Waals surface area contributed by atoms with Crippen molar-refractivity contribution in [3.63, 3.8) is 0 Å². The van der Waals surface area contributed by atoms with Crippen LogP contribution in [0.15, 0.2) is 18.2 Å². The Morgan fingerprint density at radius 3 is 1.98 bits per heavy atom. The van der Waals surface area contributed by atoms with E-state index in [9.17, 15) is 44.3 Å². The summed E-state index contributed by atoms with van der Waals surface area (Å²) in [7, 11) is 7.31. The van der Waals surface area contributed by atoms with Gasteiger partial charge in [0.2, 0.25) is 0 Å². The van der Waals surface area contributed by atoms with E-state index in [1.807, 2.05) is 26.8 Å². The molecule has 2 saturated carbocycles.